The van der Waals surface area contributed by atoms with Crippen molar-refractivity contribution < 1.29 is 18.3 Å². The first-order chi connectivity index (χ1) is 12.8. The number of carboxylic acid groups (broad SMARTS) is 1. The Morgan fingerprint density at radius 3 is 2.22 bits per heavy atom. The second kappa shape index (κ2) is 7.25. The average Bonchev–Trinajstić information content (AvgIpc) is 2.63. The van der Waals surface area contributed by atoms with Crippen molar-refractivity contribution in [3.63, 3.8) is 0 Å². The molecule has 0 aliphatic carbocycles. The van der Waals surface area contributed by atoms with Gasteiger partial charge in [-0.3, -0.25) is 0 Å². The van der Waals surface area contributed by atoms with Crippen molar-refractivity contribution in [2.75, 3.05) is 10.6 Å². The average molecular weight is 381 g/mol. The summed E-state index contributed by atoms with van der Waals surface area (Å²) in [7, 11) is -3.57. The molecule has 0 fully saturated rings. The Hall–Kier alpha value is -3.12. The monoisotopic (exact) mass is 381 g/mol. The van der Waals surface area contributed by atoms with E-state index in [9.17, 15) is 18.3 Å². The number of para-hydroxylation sites is 1. The van der Waals surface area contributed by atoms with Crippen LogP contribution < -0.4 is 4.31 Å². The van der Waals surface area contributed by atoms with E-state index >= 15 is 0 Å². The summed E-state index contributed by atoms with van der Waals surface area (Å²) in [5.41, 5.74) is 3.49. The van der Waals surface area contributed by atoms with Gasteiger partial charge in [0.2, 0.25) is 10.0 Å². The van der Waals surface area contributed by atoms with E-state index < -0.39 is 16.0 Å². The molecule has 5 nitrogen and oxygen atoms in total. The van der Waals surface area contributed by atoms with Gasteiger partial charge in [-0.15, -0.1) is 0 Å². The Morgan fingerprint density at radius 2 is 1.59 bits per heavy atom. The molecule has 0 bridgehead atoms. The highest BCUT2D eigenvalue weighted by Crippen LogP contribution is 2.36. The Bertz CT molecular complexity index is 1090. The van der Waals surface area contributed by atoms with Gasteiger partial charge in [0.05, 0.1) is 23.2 Å². The summed E-state index contributed by atoms with van der Waals surface area (Å²) in [6.45, 7) is 1.83. The molecule has 3 aromatic rings. The van der Waals surface area contributed by atoms with Crippen molar-refractivity contribution in [2.24, 2.45) is 0 Å². The lowest BCUT2D eigenvalue weighted by Crippen LogP contribution is -2.25. The van der Waals surface area contributed by atoms with Gasteiger partial charge in [0, 0.05) is 0 Å². The fourth-order valence-electron chi connectivity index (χ4n) is 3.05. The van der Waals surface area contributed by atoms with E-state index in [2.05, 4.69) is 0 Å². The fraction of sp³-hybridized carbons (Fsp3) is 0.0952. The number of sulfonamides is 1. The zero-order valence-electron chi connectivity index (χ0n) is 15.0. The number of hydrogen-bond donors (Lipinski definition) is 1. The highest BCUT2D eigenvalue weighted by molar-refractivity contribution is 7.92. The van der Waals surface area contributed by atoms with Crippen LogP contribution in [0, 0.1) is 6.92 Å². The molecule has 3 aromatic carbocycles. The number of aromatic carboxylic acids is 1. The fourth-order valence-corrected chi connectivity index (χ4v) is 4.11. The van der Waals surface area contributed by atoms with Gasteiger partial charge in [-0.05, 0) is 53.9 Å². The summed E-state index contributed by atoms with van der Waals surface area (Å²) in [4.78, 5) is 11.3. The maximum atomic E-state index is 12.5. The van der Waals surface area contributed by atoms with Crippen LogP contribution in [-0.4, -0.2) is 25.7 Å². The Kier molecular flexibility index (Phi) is 5.01. The predicted octanol–water partition coefficient (Wildman–Crippen LogP) is 4.46. The van der Waals surface area contributed by atoms with E-state index in [1.54, 1.807) is 48.5 Å². The van der Waals surface area contributed by atoms with Crippen LogP contribution in [0.25, 0.3) is 11.1 Å². The lowest BCUT2D eigenvalue weighted by atomic mass is 9.97. The third kappa shape index (κ3) is 3.85. The Morgan fingerprint density at radius 1 is 0.926 bits per heavy atom. The van der Waals surface area contributed by atoms with Crippen molar-refractivity contribution in [1.29, 1.82) is 0 Å². The standard InChI is InChI=1S/C21H19NO4S/c1-15-19(16-8-6-9-17(14-16)21(23)24)12-7-13-20(15)22(27(2,25)26)18-10-4-3-5-11-18/h3-14H,1-2H3,(H,23,24). The molecule has 0 unspecified atom stereocenters. The molecule has 0 atom stereocenters. The number of hydrogen-bond acceptors (Lipinski definition) is 3. The third-order valence-corrected chi connectivity index (χ3v) is 5.34. The first-order valence-corrected chi connectivity index (χ1v) is 10.1. The number of anilines is 2. The van der Waals surface area contributed by atoms with Crippen LogP contribution in [0.5, 0.6) is 0 Å². The van der Waals surface area contributed by atoms with Gasteiger partial charge in [-0.25, -0.2) is 17.5 Å². The van der Waals surface area contributed by atoms with E-state index in [1.807, 2.05) is 25.1 Å². The molecule has 1 N–H and O–H groups in total. The molecule has 27 heavy (non-hydrogen) atoms. The molecule has 0 amide bonds. The number of nitrogens with zero attached hydrogens (tertiary/aromatic N) is 1. The first-order valence-electron chi connectivity index (χ1n) is 8.28. The summed E-state index contributed by atoms with van der Waals surface area (Å²) < 4.78 is 26.3. The molecule has 0 spiro atoms. The van der Waals surface area contributed by atoms with Crippen molar-refractivity contribution in [3.8, 4) is 11.1 Å². The van der Waals surface area contributed by atoms with E-state index in [-0.39, 0.29) is 5.56 Å². The quantitative estimate of drug-likeness (QED) is 0.708. The second-order valence-electron chi connectivity index (χ2n) is 6.20. The largest absolute Gasteiger partial charge is 0.478 e. The smallest absolute Gasteiger partial charge is 0.335 e. The van der Waals surface area contributed by atoms with Gasteiger partial charge in [0.25, 0.3) is 0 Å². The maximum absolute atomic E-state index is 12.5. The van der Waals surface area contributed by atoms with E-state index in [0.29, 0.717) is 11.4 Å². The number of carboxylic acids is 1. The lowest BCUT2D eigenvalue weighted by molar-refractivity contribution is 0.0697. The minimum atomic E-state index is -3.57. The molecule has 0 saturated heterocycles. The van der Waals surface area contributed by atoms with Crippen LogP contribution in [-0.2, 0) is 10.0 Å². The molecule has 0 aromatic heterocycles. The summed E-state index contributed by atoms with van der Waals surface area (Å²) in [5, 5.41) is 9.24. The van der Waals surface area contributed by atoms with Gasteiger partial charge < -0.3 is 5.11 Å². The predicted molar refractivity (Wildman–Crippen MR) is 107 cm³/mol. The normalized spacial score (nSPS) is 11.2. The zero-order valence-corrected chi connectivity index (χ0v) is 15.8. The minimum Gasteiger partial charge on any atom is -0.478 e. The minimum absolute atomic E-state index is 0.181. The van der Waals surface area contributed by atoms with Crippen LogP contribution in [0.4, 0.5) is 11.4 Å². The Labute approximate surface area is 158 Å². The molecule has 138 valence electrons. The van der Waals surface area contributed by atoms with Gasteiger partial charge in [0.1, 0.15) is 0 Å². The second-order valence-corrected chi connectivity index (χ2v) is 8.03. The van der Waals surface area contributed by atoms with Gasteiger partial charge in [0.15, 0.2) is 0 Å². The van der Waals surface area contributed by atoms with Crippen molar-refractivity contribution >= 4 is 27.4 Å². The molecule has 0 aliphatic rings. The summed E-state index contributed by atoms with van der Waals surface area (Å²) in [6, 6.07) is 20.8. The van der Waals surface area contributed by atoms with Crippen LogP contribution in [0.2, 0.25) is 0 Å². The van der Waals surface area contributed by atoms with Gasteiger partial charge >= 0.3 is 5.97 Å². The molecular weight excluding hydrogens is 362 g/mol. The summed E-state index contributed by atoms with van der Waals surface area (Å²) in [6.07, 6.45) is 1.16. The first kappa shape index (κ1) is 18.7. The van der Waals surface area contributed by atoms with Crippen LogP contribution in [0.15, 0.2) is 72.8 Å². The number of benzene rings is 3. The highest BCUT2D eigenvalue weighted by atomic mass is 32.2. The highest BCUT2D eigenvalue weighted by Gasteiger charge is 2.22. The topological polar surface area (TPSA) is 74.7 Å². The van der Waals surface area contributed by atoms with Crippen LogP contribution in [0.1, 0.15) is 15.9 Å². The molecule has 0 heterocycles. The SMILES string of the molecule is Cc1c(-c2cccc(C(=O)O)c2)cccc1N(c1ccccc1)S(C)(=O)=O. The van der Waals surface area contributed by atoms with Gasteiger partial charge in [-0.2, -0.15) is 0 Å². The van der Waals surface area contributed by atoms with Gasteiger partial charge in [-0.1, -0.05) is 42.5 Å². The third-order valence-electron chi connectivity index (χ3n) is 4.27. The summed E-state index contributed by atoms with van der Waals surface area (Å²) >= 11 is 0. The van der Waals surface area contributed by atoms with Crippen LogP contribution >= 0.6 is 0 Å². The number of rotatable bonds is 5. The van der Waals surface area contributed by atoms with E-state index in [4.69, 9.17) is 0 Å². The molecular formula is C21H19NO4S. The van der Waals surface area contributed by atoms with Crippen molar-refractivity contribution in [1.82, 2.24) is 0 Å². The maximum Gasteiger partial charge on any atom is 0.335 e. The van der Waals surface area contributed by atoms with E-state index in [1.165, 1.54) is 10.4 Å². The van der Waals surface area contributed by atoms with Crippen molar-refractivity contribution in [2.45, 2.75) is 6.92 Å². The zero-order chi connectivity index (χ0) is 19.6. The summed E-state index contributed by atoms with van der Waals surface area (Å²) in [5.74, 6) is -1.01. The molecule has 0 radical (unpaired) electrons. The van der Waals surface area contributed by atoms with E-state index in [0.717, 1.165) is 22.9 Å². The number of carbonyl (C=O) groups is 1. The molecule has 6 heteroatoms. The van der Waals surface area contributed by atoms with Crippen LogP contribution in [0.3, 0.4) is 0 Å². The molecule has 0 aliphatic heterocycles. The molecule has 0 saturated carbocycles. The Balaban J connectivity index is 2.19. The lowest BCUT2D eigenvalue weighted by Gasteiger charge is -2.25. The van der Waals surface area contributed by atoms with Crippen molar-refractivity contribution in [3.05, 3.63) is 83.9 Å². The molecule has 3 rings (SSSR count).